The number of halogens is 1. The maximum absolute atomic E-state index is 12.4. The summed E-state index contributed by atoms with van der Waals surface area (Å²) in [5, 5.41) is 14.4. The second-order valence-corrected chi connectivity index (χ2v) is 6.18. The van der Waals surface area contributed by atoms with Crippen LogP contribution < -0.4 is 10.1 Å². The number of nitro groups is 1. The Morgan fingerprint density at radius 2 is 1.59 bits per heavy atom. The van der Waals surface area contributed by atoms with Crippen LogP contribution in [-0.4, -0.2) is 10.8 Å². The van der Waals surface area contributed by atoms with Crippen LogP contribution in [0.15, 0.2) is 66.7 Å². The molecule has 3 aromatic rings. The number of hydrogen-bond acceptors (Lipinski definition) is 4. The van der Waals surface area contributed by atoms with Gasteiger partial charge in [0.05, 0.1) is 4.92 Å². The van der Waals surface area contributed by atoms with Gasteiger partial charge in [0.2, 0.25) is 0 Å². The van der Waals surface area contributed by atoms with Crippen molar-refractivity contribution in [3.8, 4) is 11.5 Å². The number of rotatable bonds is 5. The van der Waals surface area contributed by atoms with Crippen LogP contribution in [-0.2, 0) is 0 Å². The first-order valence-corrected chi connectivity index (χ1v) is 8.40. The molecule has 0 radical (unpaired) electrons. The molecule has 3 rings (SSSR count). The zero-order valence-electron chi connectivity index (χ0n) is 14.3. The summed E-state index contributed by atoms with van der Waals surface area (Å²) < 4.78 is 5.69. The minimum absolute atomic E-state index is 0.0886. The van der Waals surface area contributed by atoms with E-state index in [0.29, 0.717) is 27.8 Å². The molecule has 0 spiro atoms. The third-order valence-electron chi connectivity index (χ3n) is 3.91. The highest BCUT2D eigenvalue weighted by Crippen LogP contribution is 2.25. The lowest BCUT2D eigenvalue weighted by Gasteiger charge is -2.09. The van der Waals surface area contributed by atoms with Gasteiger partial charge in [0.1, 0.15) is 11.5 Å². The van der Waals surface area contributed by atoms with Crippen LogP contribution in [0.25, 0.3) is 0 Å². The zero-order chi connectivity index (χ0) is 19.4. The summed E-state index contributed by atoms with van der Waals surface area (Å²) in [6.07, 6.45) is 0. The number of anilines is 1. The molecule has 0 atom stereocenters. The fourth-order valence-electron chi connectivity index (χ4n) is 2.51. The molecule has 0 saturated carbocycles. The molecular formula is C20H15ClN2O4. The zero-order valence-corrected chi connectivity index (χ0v) is 15.1. The second kappa shape index (κ2) is 7.88. The number of amides is 1. The van der Waals surface area contributed by atoms with Crippen molar-refractivity contribution in [2.75, 3.05) is 5.32 Å². The molecule has 7 heteroatoms. The van der Waals surface area contributed by atoms with Crippen LogP contribution in [0.5, 0.6) is 11.5 Å². The van der Waals surface area contributed by atoms with Crippen molar-refractivity contribution in [1.82, 2.24) is 0 Å². The summed E-state index contributed by atoms with van der Waals surface area (Å²) in [6, 6.07) is 18.2. The normalized spacial score (nSPS) is 10.3. The summed E-state index contributed by atoms with van der Waals surface area (Å²) in [5.74, 6) is 0.827. The fourth-order valence-corrected chi connectivity index (χ4v) is 2.64. The molecule has 0 bridgehead atoms. The van der Waals surface area contributed by atoms with E-state index in [1.807, 2.05) is 0 Å². The SMILES string of the molecule is Cc1c(C(=O)Nc2ccc(Oc3ccc(Cl)cc3)cc2)cccc1[N+](=O)[O-]. The molecule has 3 aromatic carbocycles. The van der Waals surface area contributed by atoms with Crippen LogP contribution in [0.1, 0.15) is 15.9 Å². The molecule has 0 aliphatic heterocycles. The van der Waals surface area contributed by atoms with Crippen molar-refractivity contribution >= 4 is 28.9 Å². The van der Waals surface area contributed by atoms with Crippen LogP contribution in [0.3, 0.4) is 0 Å². The van der Waals surface area contributed by atoms with Gasteiger partial charge in [-0.3, -0.25) is 14.9 Å². The topological polar surface area (TPSA) is 81.5 Å². The first-order chi connectivity index (χ1) is 12.9. The lowest BCUT2D eigenvalue weighted by molar-refractivity contribution is -0.385. The molecular weight excluding hydrogens is 368 g/mol. The summed E-state index contributed by atoms with van der Waals surface area (Å²) in [4.78, 5) is 22.9. The van der Waals surface area contributed by atoms with Crippen LogP contribution in [0.2, 0.25) is 5.02 Å². The summed E-state index contributed by atoms with van der Waals surface area (Å²) >= 11 is 5.84. The maximum atomic E-state index is 12.4. The van der Waals surface area contributed by atoms with Gasteiger partial charge < -0.3 is 10.1 Å². The van der Waals surface area contributed by atoms with Gasteiger partial charge in [-0.1, -0.05) is 17.7 Å². The number of carbonyl (C=O) groups excluding carboxylic acids is 1. The van der Waals surface area contributed by atoms with E-state index in [-0.39, 0.29) is 11.3 Å². The number of nitrogens with one attached hydrogen (secondary N) is 1. The molecule has 0 saturated heterocycles. The van der Waals surface area contributed by atoms with E-state index in [1.54, 1.807) is 61.5 Å². The van der Waals surface area contributed by atoms with Crippen LogP contribution >= 0.6 is 11.6 Å². The van der Waals surface area contributed by atoms with E-state index in [9.17, 15) is 14.9 Å². The Kier molecular flexibility index (Phi) is 5.38. The van der Waals surface area contributed by atoms with Gasteiger partial charge in [-0.25, -0.2) is 0 Å². The van der Waals surface area contributed by atoms with Gasteiger partial charge in [-0.15, -0.1) is 0 Å². The Morgan fingerprint density at radius 3 is 2.19 bits per heavy atom. The van der Waals surface area contributed by atoms with E-state index < -0.39 is 10.8 Å². The molecule has 1 amide bonds. The minimum atomic E-state index is -0.505. The Balaban J connectivity index is 1.71. The van der Waals surface area contributed by atoms with Gasteiger partial charge in [-0.2, -0.15) is 0 Å². The van der Waals surface area contributed by atoms with Crippen molar-refractivity contribution in [3.63, 3.8) is 0 Å². The van der Waals surface area contributed by atoms with Crippen molar-refractivity contribution in [2.24, 2.45) is 0 Å². The first-order valence-electron chi connectivity index (χ1n) is 8.03. The molecule has 0 aliphatic carbocycles. The standard InChI is InChI=1S/C20H15ClN2O4/c1-13-18(3-2-4-19(13)23(25)26)20(24)22-15-7-11-17(12-8-15)27-16-9-5-14(21)6-10-16/h2-12H,1H3,(H,22,24). The average Bonchev–Trinajstić information content (AvgIpc) is 2.65. The predicted octanol–water partition coefficient (Wildman–Crippen LogP) is 5.60. The van der Waals surface area contributed by atoms with Gasteiger partial charge in [0, 0.05) is 27.9 Å². The number of benzene rings is 3. The highest BCUT2D eigenvalue weighted by Gasteiger charge is 2.18. The van der Waals surface area contributed by atoms with Gasteiger partial charge in [0.15, 0.2) is 0 Å². The smallest absolute Gasteiger partial charge is 0.273 e. The van der Waals surface area contributed by atoms with Crippen molar-refractivity contribution in [1.29, 1.82) is 0 Å². The first kappa shape index (κ1) is 18.4. The van der Waals surface area contributed by atoms with Crippen molar-refractivity contribution in [2.45, 2.75) is 6.92 Å². The van der Waals surface area contributed by atoms with Crippen LogP contribution in [0, 0.1) is 17.0 Å². The quantitative estimate of drug-likeness (QED) is 0.460. The summed E-state index contributed by atoms with van der Waals surface area (Å²) in [6.45, 7) is 1.55. The fraction of sp³-hybridized carbons (Fsp3) is 0.0500. The molecule has 0 aliphatic rings. The van der Waals surface area contributed by atoms with E-state index in [2.05, 4.69) is 5.32 Å². The summed E-state index contributed by atoms with van der Waals surface area (Å²) in [5.41, 5.74) is 1.04. The van der Waals surface area contributed by atoms with Gasteiger partial charge in [-0.05, 0) is 61.5 Å². The molecule has 6 nitrogen and oxygen atoms in total. The Labute approximate surface area is 160 Å². The lowest BCUT2D eigenvalue weighted by Crippen LogP contribution is -2.14. The predicted molar refractivity (Wildman–Crippen MR) is 104 cm³/mol. The van der Waals surface area contributed by atoms with Crippen molar-refractivity contribution in [3.05, 3.63) is 93.0 Å². The third kappa shape index (κ3) is 4.43. The molecule has 136 valence electrons. The highest BCUT2D eigenvalue weighted by atomic mass is 35.5. The van der Waals surface area contributed by atoms with E-state index in [0.717, 1.165) is 0 Å². The Hall–Kier alpha value is -3.38. The van der Waals surface area contributed by atoms with Crippen molar-refractivity contribution < 1.29 is 14.5 Å². The van der Waals surface area contributed by atoms with E-state index in [4.69, 9.17) is 16.3 Å². The highest BCUT2D eigenvalue weighted by molar-refractivity contribution is 6.30. The van der Waals surface area contributed by atoms with Crippen LogP contribution in [0.4, 0.5) is 11.4 Å². The lowest BCUT2D eigenvalue weighted by atomic mass is 10.1. The average molecular weight is 383 g/mol. The number of nitrogens with zero attached hydrogens (tertiary/aromatic N) is 1. The Morgan fingerprint density at radius 1 is 1.00 bits per heavy atom. The second-order valence-electron chi connectivity index (χ2n) is 5.74. The molecule has 0 unspecified atom stereocenters. The van der Waals surface area contributed by atoms with Gasteiger partial charge >= 0.3 is 0 Å². The number of hydrogen-bond donors (Lipinski definition) is 1. The third-order valence-corrected chi connectivity index (χ3v) is 4.16. The Bertz CT molecular complexity index is 986. The molecule has 0 heterocycles. The molecule has 0 aromatic heterocycles. The largest absolute Gasteiger partial charge is 0.457 e. The van der Waals surface area contributed by atoms with E-state index in [1.165, 1.54) is 12.1 Å². The van der Waals surface area contributed by atoms with E-state index >= 15 is 0 Å². The monoisotopic (exact) mass is 382 g/mol. The summed E-state index contributed by atoms with van der Waals surface area (Å²) in [7, 11) is 0. The van der Waals surface area contributed by atoms with Gasteiger partial charge in [0.25, 0.3) is 11.6 Å². The number of carbonyl (C=O) groups is 1. The maximum Gasteiger partial charge on any atom is 0.273 e. The number of ether oxygens (including phenoxy) is 1. The molecule has 1 N–H and O–H groups in total. The number of nitro benzene ring substituents is 1. The molecule has 27 heavy (non-hydrogen) atoms. The molecule has 0 fully saturated rings. The minimum Gasteiger partial charge on any atom is -0.457 e.